The molecule has 0 spiro atoms. The lowest BCUT2D eigenvalue weighted by Gasteiger charge is -2.36. The van der Waals surface area contributed by atoms with E-state index in [1.807, 2.05) is 0 Å². The Morgan fingerprint density at radius 3 is 1.15 bits per heavy atom. The van der Waals surface area contributed by atoms with Crippen LogP contribution in [0.3, 0.4) is 0 Å². The Morgan fingerprint density at radius 1 is 0.513 bits per heavy atom. The standard InChI is InChI=1S/C32H62O6S/c1-3-5-7-9-11-13-15-17-18-20-22-24-26-28-30-36-31(33)32(37-39(34,35)38-32)29-27-25-23-21-19-16-14-12-10-8-6-4-2/h3-30H2,1-2H3. The van der Waals surface area contributed by atoms with Crippen LogP contribution in [-0.2, 0) is 28.3 Å². The molecular formula is C32H62O6S. The average Bonchev–Trinajstić information content (AvgIpc) is 2.90. The zero-order valence-corrected chi connectivity index (χ0v) is 26.5. The van der Waals surface area contributed by atoms with Gasteiger partial charge in [-0.2, -0.15) is 16.8 Å². The first kappa shape index (κ1) is 36.4. The lowest BCUT2D eigenvalue weighted by atomic mass is 10.0. The lowest BCUT2D eigenvalue weighted by Crippen LogP contribution is -2.57. The van der Waals surface area contributed by atoms with Crippen molar-refractivity contribution in [3.8, 4) is 0 Å². The highest BCUT2D eigenvalue weighted by molar-refractivity contribution is 7.83. The minimum atomic E-state index is -4.06. The number of carbonyl (C=O) groups is 1. The fourth-order valence-corrected chi connectivity index (χ4v) is 6.33. The monoisotopic (exact) mass is 574 g/mol. The van der Waals surface area contributed by atoms with Crippen molar-refractivity contribution in [3.05, 3.63) is 0 Å². The Kier molecular flexibility index (Phi) is 22.4. The van der Waals surface area contributed by atoms with Crippen LogP contribution in [0.5, 0.6) is 0 Å². The van der Waals surface area contributed by atoms with Gasteiger partial charge < -0.3 is 4.74 Å². The molecule has 1 fully saturated rings. The van der Waals surface area contributed by atoms with E-state index in [1.54, 1.807) is 0 Å². The largest absolute Gasteiger partial charge is 0.462 e. The SMILES string of the molecule is CCCCCCCCCCCCCCCCOC(=O)C1(CCCCCCCCCCCCCC)OS(=O)(=O)O1. The number of hydrogen-bond donors (Lipinski definition) is 0. The van der Waals surface area contributed by atoms with Crippen molar-refractivity contribution >= 4 is 16.4 Å². The van der Waals surface area contributed by atoms with Crippen molar-refractivity contribution in [2.75, 3.05) is 6.61 Å². The maximum atomic E-state index is 12.6. The van der Waals surface area contributed by atoms with Crippen molar-refractivity contribution in [1.82, 2.24) is 0 Å². The van der Waals surface area contributed by atoms with Gasteiger partial charge in [0, 0.05) is 6.42 Å². The van der Waals surface area contributed by atoms with Gasteiger partial charge in [-0.3, -0.25) is 0 Å². The number of ether oxygens (including phenoxy) is 1. The number of carbonyl (C=O) groups excluding carboxylic acids is 1. The third-order valence-corrected chi connectivity index (χ3v) is 8.82. The molecule has 0 saturated carbocycles. The number of rotatable bonds is 29. The van der Waals surface area contributed by atoms with E-state index in [2.05, 4.69) is 13.8 Å². The van der Waals surface area contributed by atoms with E-state index < -0.39 is 22.2 Å². The third-order valence-electron chi connectivity index (χ3n) is 7.87. The molecule has 0 amide bonds. The minimum absolute atomic E-state index is 0.223. The first-order valence-corrected chi connectivity index (χ1v) is 18.1. The van der Waals surface area contributed by atoms with Gasteiger partial charge in [-0.05, 0) is 12.8 Å². The molecule has 1 aliphatic rings. The molecule has 7 heteroatoms. The molecule has 0 aromatic carbocycles. The molecule has 1 saturated heterocycles. The summed E-state index contributed by atoms with van der Waals surface area (Å²) in [5.74, 6) is -2.46. The topological polar surface area (TPSA) is 78.9 Å². The first-order chi connectivity index (χ1) is 19.0. The van der Waals surface area contributed by atoms with Crippen LogP contribution < -0.4 is 0 Å². The van der Waals surface area contributed by atoms with E-state index in [0.717, 1.165) is 32.1 Å². The van der Waals surface area contributed by atoms with Crippen LogP contribution in [0.25, 0.3) is 0 Å². The summed E-state index contributed by atoms with van der Waals surface area (Å²) in [6.07, 6.45) is 32.3. The molecular weight excluding hydrogens is 512 g/mol. The summed E-state index contributed by atoms with van der Waals surface area (Å²) in [5.41, 5.74) is 0. The van der Waals surface area contributed by atoms with Gasteiger partial charge in [0.2, 0.25) is 0 Å². The smallest absolute Gasteiger partial charge is 0.406 e. The summed E-state index contributed by atoms with van der Waals surface area (Å²) < 4.78 is 38.2. The van der Waals surface area contributed by atoms with Crippen molar-refractivity contribution in [3.63, 3.8) is 0 Å². The van der Waals surface area contributed by atoms with Crippen LogP contribution in [-0.4, -0.2) is 26.8 Å². The molecule has 0 aromatic rings. The van der Waals surface area contributed by atoms with Gasteiger partial charge in [0.05, 0.1) is 6.61 Å². The van der Waals surface area contributed by atoms with Crippen molar-refractivity contribution in [2.24, 2.45) is 0 Å². The zero-order valence-electron chi connectivity index (χ0n) is 25.7. The highest BCUT2D eigenvalue weighted by Gasteiger charge is 2.59. The Balaban J connectivity index is 2.01. The van der Waals surface area contributed by atoms with Gasteiger partial charge in [-0.25, -0.2) is 4.79 Å². The van der Waals surface area contributed by atoms with E-state index in [0.29, 0.717) is 6.42 Å². The molecule has 1 rings (SSSR count). The second-order valence-corrected chi connectivity index (χ2v) is 12.8. The highest BCUT2D eigenvalue weighted by atomic mass is 32.3. The summed E-state index contributed by atoms with van der Waals surface area (Å²) in [4.78, 5) is 12.6. The molecule has 0 N–H and O–H groups in total. The molecule has 0 atom stereocenters. The molecule has 0 radical (unpaired) electrons. The first-order valence-electron chi connectivity index (χ1n) is 16.8. The van der Waals surface area contributed by atoms with Gasteiger partial charge in [-0.15, -0.1) is 0 Å². The summed E-state index contributed by atoms with van der Waals surface area (Å²) in [5, 5.41) is 0. The molecule has 0 unspecified atom stereocenters. The van der Waals surface area contributed by atoms with E-state index in [1.165, 1.54) is 128 Å². The molecule has 1 heterocycles. The van der Waals surface area contributed by atoms with Gasteiger partial charge in [0.15, 0.2) is 0 Å². The molecule has 0 bridgehead atoms. The normalized spacial score (nSPS) is 15.7. The number of esters is 1. The van der Waals surface area contributed by atoms with Crippen LogP contribution in [0.2, 0.25) is 0 Å². The molecule has 1 aliphatic heterocycles. The van der Waals surface area contributed by atoms with E-state index in [-0.39, 0.29) is 13.0 Å². The van der Waals surface area contributed by atoms with Crippen LogP contribution in [0.15, 0.2) is 0 Å². The predicted octanol–water partition coefficient (Wildman–Crippen LogP) is 10.1. The van der Waals surface area contributed by atoms with Gasteiger partial charge in [0.1, 0.15) is 0 Å². The van der Waals surface area contributed by atoms with Crippen molar-refractivity contribution in [2.45, 2.75) is 193 Å². The van der Waals surface area contributed by atoms with Gasteiger partial charge >= 0.3 is 22.2 Å². The summed E-state index contributed by atoms with van der Waals surface area (Å²) in [6, 6.07) is 0. The maximum absolute atomic E-state index is 12.6. The quantitative estimate of drug-likeness (QED) is 0.0653. The molecule has 0 aliphatic carbocycles. The van der Waals surface area contributed by atoms with Crippen LogP contribution >= 0.6 is 0 Å². The predicted molar refractivity (Wildman–Crippen MR) is 161 cm³/mol. The maximum Gasteiger partial charge on any atom is 0.406 e. The van der Waals surface area contributed by atoms with Crippen LogP contribution in [0.1, 0.15) is 187 Å². The van der Waals surface area contributed by atoms with Gasteiger partial charge in [0.25, 0.3) is 0 Å². The van der Waals surface area contributed by atoms with Crippen LogP contribution in [0, 0.1) is 0 Å². The van der Waals surface area contributed by atoms with E-state index >= 15 is 0 Å². The number of unbranched alkanes of at least 4 members (excludes halogenated alkanes) is 24. The fourth-order valence-electron chi connectivity index (χ4n) is 5.36. The van der Waals surface area contributed by atoms with Crippen molar-refractivity contribution < 1.29 is 26.3 Å². The second-order valence-electron chi connectivity index (χ2n) is 11.7. The molecule has 39 heavy (non-hydrogen) atoms. The fraction of sp³-hybridized carbons (Fsp3) is 0.969. The Labute approximate surface area is 242 Å². The van der Waals surface area contributed by atoms with Crippen molar-refractivity contribution in [1.29, 1.82) is 0 Å². The second kappa shape index (κ2) is 24.0. The van der Waals surface area contributed by atoms with Gasteiger partial charge in [-0.1, -0.05) is 168 Å². The Hall–Kier alpha value is -0.660. The summed E-state index contributed by atoms with van der Waals surface area (Å²) >= 11 is 0. The Bertz CT molecular complexity index is 666. The van der Waals surface area contributed by atoms with E-state index in [9.17, 15) is 13.2 Å². The minimum Gasteiger partial charge on any atom is -0.462 e. The van der Waals surface area contributed by atoms with Crippen LogP contribution in [0.4, 0.5) is 0 Å². The lowest BCUT2D eigenvalue weighted by molar-refractivity contribution is -0.223. The highest BCUT2D eigenvalue weighted by Crippen LogP contribution is 2.37. The average molecular weight is 575 g/mol. The molecule has 0 aromatic heterocycles. The summed E-state index contributed by atoms with van der Waals surface area (Å²) in [7, 11) is -4.06. The van der Waals surface area contributed by atoms with E-state index in [4.69, 9.17) is 13.1 Å². The number of hydrogen-bond acceptors (Lipinski definition) is 6. The Morgan fingerprint density at radius 2 is 0.821 bits per heavy atom. The molecule has 232 valence electrons. The molecule has 6 nitrogen and oxygen atoms in total. The third kappa shape index (κ3) is 19.2. The summed E-state index contributed by atoms with van der Waals surface area (Å²) in [6.45, 7) is 4.79. The zero-order chi connectivity index (χ0) is 28.5.